The molecule has 0 aliphatic heterocycles. The molecule has 9 heteroatoms. The van der Waals surface area contributed by atoms with Crippen LogP contribution in [0.15, 0.2) is 41.0 Å². The van der Waals surface area contributed by atoms with Gasteiger partial charge >= 0.3 is 5.97 Å². The lowest BCUT2D eigenvalue weighted by atomic mass is 9.61. The minimum absolute atomic E-state index is 0.00421. The van der Waals surface area contributed by atoms with Crippen molar-refractivity contribution in [3.63, 3.8) is 0 Å². The molecule has 0 amide bonds. The van der Waals surface area contributed by atoms with Gasteiger partial charge in [0.15, 0.2) is 5.82 Å². The van der Waals surface area contributed by atoms with Crippen molar-refractivity contribution >= 4 is 17.6 Å². The van der Waals surface area contributed by atoms with Gasteiger partial charge < -0.3 is 10.1 Å². The predicted molar refractivity (Wildman–Crippen MR) is 103 cm³/mol. The molecule has 2 heterocycles. The lowest BCUT2D eigenvalue weighted by Gasteiger charge is -2.47. The number of azo groups is 1. The normalized spacial score (nSPS) is 25.9. The molecule has 2 atom stereocenters. The number of methoxy groups -OCH3 is 1. The van der Waals surface area contributed by atoms with E-state index in [0.717, 1.165) is 31.9 Å². The second-order valence-corrected chi connectivity index (χ2v) is 7.52. The summed E-state index contributed by atoms with van der Waals surface area (Å²) in [4.78, 5) is 25.0. The van der Waals surface area contributed by atoms with Crippen LogP contribution in [0, 0.1) is 23.6 Å². The quantitative estimate of drug-likeness (QED) is 0.588. The van der Waals surface area contributed by atoms with Gasteiger partial charge in [-0.1, -0.05) is 0 Å². The molecule has 2 unspecified atom stereocenters. The second kappa shape index (κ2) is 8.59. The van der Waals surface area contributed by atoms with E-state index in [-0.39, 0.29) is 24.5 Å². The molecule has 0 aromatic carbocycles. The van der Waals surface area contributed by atoms with Crippen LogP contribution in [0.5, 0.6) is 0 Å². The van der Waals surface area contributed by atoms with Gasteiger partial charge in [0.2, 0.25) is 0 Å². The Kier molecular flexibility index (Phi) is 5.73. The summed E-state index contributed by atoms with van der Waals surface area (Å²) in [6.07, 6.45) is 8.74. The van der Waals surface area contributed by atoms with E-state index in [1.54, 1.807) is 12.4 Å². The Morgan fingerprint density at radius 1 is 1.21 bits per heavy atom. The van der Waals surface area contributed by atoms with E-state index >= 15 is 0 Å². The fourth-order valence-electron chi connectivity index (χ4n) is 4.46. The van der Waals surface area contributed by atoms with E-state index in [2.05, 4.69) is 30.5 Å². The van der Waals surface area contributed by atoms with E-state index in [4.69, 9.17) is 4.74 Å². The summed E-state index contributed by atoms with van der Waals surface area (Å²) in [5.74, 6) is 1.01. The Morgan fingerprint density at radius 2 is 2.00 bits per heavy atom. The molecule has 5 rings (SSSR count). The first-order valence-electron chi connectivity index (χ1n) is 9.78. The molecule has 152 valence electrons. The molecule has 0 saturated heterocycles. The zero-order chi connectivity index (χ0) is 20.2. The van der Waals surface area contributed by atoms with Gasteiger partial charge in [0.05, 0.1) is 37.3 Å². The number of hydrogen-bond acceptors (Lipinski definition) is 8. The smallest absolute Gasteiger partial charge is 0.311 e. The van der Waals surface area contributed by atoms with Gasteiger partial charge in [-0.2, -0.15) is 5.11 Å². The molecule has 2 aromatic heterocycles. The number of nitrogens with one attached hydrogen (secondary N) is 1. The number of nitrogens with zero attached hydrogens (tertiary/aromatic N) is 5. The van der Waals surface area contributed by atoms with Crippen LogP contribution in [0.1, 0.15) is 31.4 Å². The number of rotatable bonds is 6. The molecular weight excluding hydrogens is 375 g/mol. The predicted octanol–water partition coefficient (Wildman–Crippen LogP) is 3.68. The van der Waals surface area contributed by atoms with Crippen LogP contribution in [0.3, 0.4) is 0 Å². The number of anilines is 1. The van der Waals surface area contributed by atoms with E-state index < -0.39 is 5.82 Å². The van der Waals surface area contributed by atoms with E-state index in [1.165, 1.54) is 19.2 Å². The summed E-state index contributed by atoms with van der Waals surface area (Å²) < 4.78 is 17.9. The van der Waals surface area contributed by atoms with Crippen LogP contribution in [-0.4, -0.2) is 34.1 Å². The number of carbonyl (C=O) groups excluding carboxylic acids is 1. The number of esters is 1. The summed E-state index contributed by atoms with van der Waals surface area (Å²) in [6.45, 7) is 0.221. The van der Waals surface area contributed by atoms with Crippen molar-refractivity contribution < 1.29 is 13.9 Å². The van der Waals surface area contributed by atoms with Crippen molar-refractivity contribution in [2.24, 2.45) is 28.0 Å². The van der Waals surface area contributed by atoms with Gasteiger partial charge in [0.25, 0.3) is 0 Å². The Hall–Kier alpha value is -2.97. The van der Waals surface area contributed by atoms with Crippen molar-refractivity contribution in [1.29, 1.82) is 0 Å². The average Bonchev–Trinajstić information content (AvgIpc) is 2.76. The van der Waals surface area contributed by atoms with E-state index in [0.29, 0.717) is 29.2 Å². The van der Waals surface area contributed by atoms with Gasteiger partial charge in [-0.25, -0.2) is 14.4 Å². The van der Waals surface area contributed by atoms with Crippen LogP contribution < -0.4 is 5.32 Å². The van der Waals surface area contributed by atoms with E-state index in [1.807, 2.05) is 0 Å². The van der Waals surface area contributed by atoms with Gasteiger partial charge in [-0.05, 0) is 49.7 Å². The first-order valence-corrected chi connectivity index (χ1v) is 9.78. The molecule has 3 fully saturated rings. The molecule has 0 spiro atoms. The Balaban J connectivity index is 1.44. The fraction of sp³-hybridized carbons (Fsp3) is 0.500. The summed E-state index contributed by atoms with van der Waals surface area (Å²) in [7, 11) is 1.45. The number of fused-ring (bicyclic) bond motifs is 3. The molecule has 29 heavy (non-hydrogen) atoms. The number of aromatic nitrogens is 3. The average molecular weight is 398 g/mol. The summed E-state index contributed by atoms with van der Waals surface area (Å²) >= 11 is 0. The number of halogens is 1. The lowest BCUT2D eigenvalue weighted by Crippen LogP contribution is -2.51. The Bertz CT molecular complexity index is 883. The standard InChI is InChI=1S/C20H23FN6O2/c1-29-20(28)18-12-2-4-13(5-3-12)19(18)26-17-11-22-9-15(25-17)10-24-27-16-7-6-14(21)8-23-16/h6-9,11-13,18-19H,2-5,10H2,1H3,(H,25,26). The summed E-state index contributed by atoms with van der Waals surface area (Å²) in [5.41, 5.74) is 0.636. The largest absolute Gasteiger partial charge is 0.469 e. The highest BCUT2D eigenvalue weighted by atomic mass is 19.1. The first-order chi connectivity index (χ1) is 14.1. The molecule has 2 aromatic rings. The summed E-state index contributed by atoms with van der Waals surface area (Å²) in [6, 6.07) is 2.74. The molecule has 2 bridgehead atoms. The highest BCUT2D eigenvalue weighted by Crippen LogP contribution is 2.46. The lowest BCUT2D eigenvalue weighted by molar-refractivity contribution is -0.152. The highest BCUT2D eigenvalue weighted by Gasteiger charge is 2.47. The van der Waals surface area contributed by atoms with Gasteiger partial charge in [-0.15, -0.1) is 5.11 Å². The molecule has 3 aliphatic carbocycles. The van der Waals surface area contributed by atoms with Crippen molar-refractivity contribution in [2.75, 3.05) is 12.4 Å². The third-order valence-corrected chi connectivity index (χ3v) is 5.81. The SMILES string of the molecule is COC(=O)C1C2CCC(CC2)C1Nc1cncc(CN=Nc2ccc(F)cn2)n1. The maximum Gasteiger partial charge on any atom is 0.311 e. The van der Waals surface area contributed by atoms with Crippen LogP contribution in [0.4, 0.5) is 16.0 Å². The Morgan fingerprint density at radius 3 is 2.72 bits per heavy atom. The number of carbonyl (C=O) groups is 1. The molecule has 3 saturated carbocycles. The third kappa shape index (κ3) is 4.38. The van der Waals surface area contributed by atoms with Crippen molar-refractivity contribution in [3.8, 4) is 0 Å². The minimum atomic E-state index is -0.421. The number of hydrogen-bond donors (Lipinski definition) is 1. The molecule has 0 radical (unpaired) electrons. The van der Waals surface area contributed by atoms with Crippen molar-refractivity contribution in [1.82, 2.24) is 15.0 Å². The topological polar surface area (TPSA) is 102 Å². The maximum absolute atomic E-state index is 12.9. The zero-order valence-corrected chi connectivity index (χ0v) is 16.2. The van der Waals surface area contributed by atoms with Crippen molar-refractivity contribution in [2.45, 2.75) is 38.3 Å². The van der Waals surface area contributed by atoms with Crippen LogP contribution in [-0.2, 0) is 16.1 Å². The molecule has 1 N–H and O–H groups in total. The van der Waals surface area contributed by atoms with Crippen LogP contribution in [0.2, 0.25) is 0 Å². The number of ether oxygens (including phenoxy) is 1. The number of pyridine rings is 1. The molecule has 8 nitrogen and oxygen atoms in total. The van der Waals surface area contributed by atoms with Crippen LogP contribution in [0.25, 0.3) is 0 Å². The van der Waals surface area contributed by atoms with Crippen molar-refractivity contribution in [3.05, 3.63) is 42.2 Å². The Labute approximate surface area is 168 Å². The highest BCUT2D eigenvalue weighted by molar-refractivity contribution is 5.74. The second-order valence-electron chi connectivity index (χ2n) is 7.52. The zero-order valence-electron chi connectivity index (χ0n) is 16.2. The summed E-state index contributed by atoms with van der Waals surface area (Å²) in [5, 5.41) is 11.5. The van der Waals surface area contributed by atoms with Gasteiger partial charge in [0.1, 0.15) is 18.2 Å². The fourth-order valence-corrected chi connectivity index (χ4v) is 4.46. The van der Waals surface area contributed by atoms with Crippen LogP contribution >= 0.6 is 0 Å². The molecule has 3 aliphatic rings. The molecular formula is C20H23FN6O2. The maximum atomic E-state index is 12.9. The first kappa shape index (κ1) is 19.4. The third-order valence-electron chi connectivity index (χ3n) is 5.81. The van der Waals surface area contributed by atoms with E-state index in [9.17, 15) is 9.18 Å². The minimum Gasteiger partial charge on any atom is -0.469 e. The monoisotopic (exact) mass is 398 g/mol. The van der Waals surface area contributed by atoms with Gasteiger partial charge in [-0.3, -0.25) is 9.78 Å². The van der Waals surface area contributed by atoms with Gasteiger partial charge in [0, 0.05) is 6.04 Å².